The topological polar surface area (TPSA) is 3.24 Å². The predicted molar refractivity (Wildman–Crippen MR) is 108 cm³/mol. The summed E-state index contributed by atoms with van der Waals surface area (Å²) in [5.74, 6) is 0.124. The van der Waals surface area contributed by atoms with Crippen molar-refractivity contribution in [3.63, 3.8) is 0 Å². The van der Waals surface area contributed by atoms with Crippen molar-refractivity contribution in [2.24, 2.45) is 0 Å². The minimum Gasteiger partial charge on any atom is -0.299 e. The average Bonchev–Trinajstić information content (AvgIpc) is 2.69. The molecule has 0 radical (unpaired) electrons. The molecule has 0 aliphatic heterocycles. The van der Waals surface area contributed by atoms with Crippen LogP contribution in [-0.4, -0.2) is 24.2 Å². The normalized spacial score (nSPS) is 20.4. The van der Waals surface area contributed by atoms with E-state index in [1.165, 1.54) is 23.1 Å². The van der Waals surface area contributed by atoms with Crippen LogP contribution in [0.1, 0.15) is 61.6 Å². The molecule has 26 heavy (non-hydrogen) atoms. The summed E-state index contributed by atoms with van der Waals surface area (Å²) >= 11 is 0. The van der Waals surface area contributed by atoms with Crippen LogP contribution in [0.2, 0.25) is 0 Å². The van der Waals surface area contributed by atoms with Gasteiger partial charge >= 0.3 is 0 Å². The van der Waals surface area contributed by atoms with E-state index in [9.17, 15) is 4.39 Å². The van der Waals surface area contributed by atoms with Gasteiger partial charge in [0, 0.05) is 12.5 Å². The molecule has 2 aromatic rings. The third-order valence-electron chi connectivity index (χ3n) is 5.73. The van der Waals surface area contributed by atoms with Crippen molar-refractivity contribution in [2.75, 3.05) is 13.1 Å². The number of hydrogen-bond donors (Lipinski definition) is 0. The van der Waals surface area contributed by atoms with E-state index in [1.807, 2.05) is 0 Å². The van der Waals surface area contributed by atoms with Gasteiger partial charge in [0.1, 0.15) is 6.17 Å². The Bertz CT molecular complexity index is 637. The first-order valence-corrected chi connectivity index (χ1v) is 10.3. The Balaban J connectivity index is 1.46. The number of rotatable bonds is 8. The van der Waals surface area contributed by atoms with E-state index in [-0.39, 0.29) is 5.92 Å². The van der Waals surface area contributed by atoms with Gasteiger partial charge in [0.05, 0.1) is 0 Å². The van der Waals surface area contributed by atoms with Gasteiger partial charge < -0.3 is 0 Å². The first-order chi connectivity index (χ1) is 12.8. The summed E-state index contributed by atoms with van der Waals surface area (Å²) in [6.07, 6.45) is 5.57. The highest BCUT2D eigenvalue weighted by Gasteiger charge is 2.25. The van der Waals surface area contributed by atoms with Gasteiger partial charge in [-0.05, 0) is 55.5 Å². The van der Waals surface area contributed by atoms with Crippen LogP contribution in [0, 0.1) is 0 Å². The summed E-state index contributed by atoms with van der Waals surface area (Å²) in [5.41, 5.74) is 3.95. The predicted octanol–water partition coefficient (Wildman–Crippen LogP) is 6.14. The molecular formula is C24H32FN. The second kappa shape index (κ2) is 9.87. The minimum absolute atomic E-state index is 0.124. The molecule has 1 saturated carbocycles. The van der Waals surface area contributed by atoms with Gasteiger partial charge in [0.15, 0.2) is 0 Å². The van der Waals surface area contributed by atoms with Gasteiger partial charge in [-0.15, -0.1) is 0 Å². The van der Waals surface area contributed by atoms with E-state index in [2.05, 4.69) is 66.4 Å². The Kier molecular flexibility index (Phi) is 7.25. The Morgan fingerprint density at radius 2 is 1.65 bits per heavy atom. The van der Waals surface area contributed by atoms with Gasteiger partial charge in [-0.2, -0.15) is 0 Å². The van der Waals surface area contributed by atoms with Crippen molar-refractivity contribution in [3.05, 3.63) is 71.3 Å². The zero-order valence-electron chi connectivity index (χ0n) is 16.0. The van der Waals surface area contributed by atoms with Crippen molar-refractivity contribution in [3.8, 4) is 0 Å². The highest BCUT2D eigenvalue weighted by atomic mass is 19.1. The van der Waals surface area contributed by atoms with Crippen LogP contribution in [-0.2, 0) is 13.0 Å². The Morgan fingerprint density at radius 1 is 0.923 bits per heavy atom. The summed E-state index contributed by atoms with van der Waals surface area (Å²) in [6.45, 7) is 5.45. The standard InChI is InChI=1S/C24H32FN/c1-2-26(19-21-9-4-3-5-10-21)18-8-11-20-14-16-22(17-15-20)23-12-6-7-13-24(23)25/h3-5,9-10,14-17,23-24H,2,6-8,11-13,18-19H2,1H3. The molecule has 0 spiro atoms. The van der Waals surface area contributed by atoms with Crippen molar-refractivity contribution in [1.82, 2.24) is 4.90 Å². The smallest absolute Gasteiger partial charge is 0.107 e. The number of benzene rings is 2. The fourth-order valence-corrected chi connectivity index (χ4v) is 4.09. The Hall–Kier alpha value is -1.67. The molecule has 2 heteroatoms. The van der Waals surface area contributed by atoms with Gasteiger partial charge in [-0.3, -0.25) is 4.90 Å². The lowest BCUT2D eigenvalue weighted by Crippen LogP contribution is -2.24. The number of nitrogens with zero attached hydrogens (tertiary/aromatic N) is 1. The number of hydrogen-bond acceptors (Lipinski definition) is 1. The minimum atomic E-state index is -0.648. The summed E-state index contributed by atoms with van der Waals surface area (Å²) in [5, 5.41) is 0. The molecule has 2 unspecified atom stereocenters. The lowest BCUT2D eigenvalue weighted by atomic mass is 9.82. The largest absolute Gasteiger partial charge is 0.299 e. The number of aryl methyl sites for hydroxylation is 1. The second-order valence-corrected chi connectivity index (χ2v) is 7.61. The maximum Gasteiger partial charge on any atom is 0.107 e. The number of halogens is 1. The molecule has 140 valence electrons. The first kappa shape index (κ1) is 19.1. The van der Waals surface area contributed by atoms with Crippen molar-refractivity contribution >= 4 is 0 Å². The molecule has 0 N–H and O–H groups in total. The maximum atomic E-state index is 14.1. The molecule has 0 saturated heterocycles. The number of alkyl halides is 1. The Labute approximate surface area is 158 Å². The fraction of sp³-hybridized carbons (Fsp3) is 0.500. The third kappa shape index (κ3) is 5.41. The average molecular weight is 354 g/mol. The van der Waals surface area contributed by atoms with Crippen molar-refractivity contribution in [2.45, 2.75) is 64.1 Å². The lowest BCUT2D eigenvalue weighted by molar-refractivity contribution is 0.216. The van der Waals surface area contributed by atoms with Gasteiger partial charge in [0.25, 0.3) is 0 Å². The molecular weight excluding hydrogens is 321 g/mol. The monoisotopic (exact) mass is 353 g/mol. The molecule has 2 atom stereocenters. The molecule has 1 aliphatic rings. The third-order valence-corrected chi connectivity index (χ3v) is 5.73. The van der Waals surface area contributed by atoms with Crippen LogP contribution in [0.4, 0.5) is 4.39 Å². The summed E-state index contributed by atoms with van der Waals surface area (Å²) in [7, 11) is 0. The quantitative estimate of drug-likeness (QED) is 0.551. The first-order valence-electron chi connectivity index (χ1n) is 10.3. The van der Waals surface area contributed by atoms with E-state index in [0.717, 1.165) is 51.7 Å². The molecule has 1 aliphatic carbocycles. The van der Waals surface area contributed by atoms with Crippen molar-refractivity contribution in [1.29, 1.82) is 0 Å². The molecule has 3 rings (SSSR count). The van der Waals surface area contributed by atoms with E-state index < -0.39 is 6.17 Å². The zero-order valence-corrected chi connectivity index (χ0v) is 16.0. The van der Waals surface area contributed by atoms with Gasteiger partial charge in [0.2, 0.25) is 0 Å². The molecule has 2 aromatic carbocycles. The van der Waals surface area contributed by atoms with Gasteiger partial charge in [-0.1, -0.05) is 74.4 Å². The van der Waals surface area contributed by atoms with E-state index in [4.69, 9.17) is 0 Å². The van der Waals surface area contributed by atoms with Crippen LogP contribution in [0.15, 0.2) is 54.6 Å². The van der Waals surface area contributed by atoms with E-state index >= 15 is 0 Å². The maximum absolute atomic E-state index is 14.1. The molecule has 1 fully saturated rings. The SMILES string of the molecule is CCN(CCCc1ccc(C2CCCCC2F)cc1)Cc1ccccc1. The van der Waals surface area contributed by atoms with Crippen LogP contribution >= 0.6 is 0 Å². The van der Waals surface area contributed by atoms with Crippen LogP contribution < -0.4 is 0 Å². The molecule has 0 bridgehead atoms. The summed E-state index contributed by atoms with van der Waals surface area (Å²) in [4.78, 5) is 2.50. The van der Waals surface area contributed by atoms with Crippen molar-refractivity contribution < 1.29 is 4.39 Å². The molecule has 0 amide bonds. The van der Waals surface area contributed by atoms with E-state index in [1.54, 1.807) is 0 Å². The lowest BCUT2D eigenvalue weighted by Gasteiger charge is -2.26. The summed E-state index contributed by atoms with van der Waals surface area (Å²) in [6, 6.07) is 19.4. The molecule has 0 aromatic heterocycles. The van der Waals surface area contributed by atoms with Crippen LogP contribution in [0.3, 0.4) is 0 Å². The van der Waals surface area contributed by atoms with E-state index in [0.29, 0.717) is 0 Å². The van der Waals surface area contributed by atoms with Gasteiger partial charge in [-0.25, -0.2) is 4.39 Å². The van der Waals surface area contributed by atoms with Crippen LogP contribution in [0.5, 0.6) is 0 Å². The fourth-order valence-electron chi connectivity index (χ4n) is 4.09. The highest BCUT2D eigenvalue weighted by Crippen LogP contribution is 2.35. The molecule has 1 nitrogen and oxygen atoms in total. The Morgan fingerprint density at radius 3 is 2.35 bits per heavy atom. The zero-order chi connectivity index (χ0) is 18.2. The molecule has 0 heterocycles. The second-order valence-electron chi connectivity index (χ2n) is 7.61. The highest BCUT2D eigenvalue weighted by molar-refractivity contribution is 5.26. The summed E-state index contributed by atoms with van der Waals surface area (Å²) < 4.78 is 14.1. The van der Waals surface area contributed by atoms with Crippen LogP contribution in [0.25, 0.3) is 0 Å².